The minimum atomic E-state index is 0.148. The Morgan fingerprint density at radius 3 is 2.38 bits per heavy atom. The molecule has 0 aromatic heterocycles. The van der Waals surface area contributed by atoms with Crippen LogP contribution in [0.25, 0.3) is 0 Å². The highest BCUT2D eigenvalue weighted by molar-refractivity contribution is 5.76. The summed E-state index contributed by atoms with van der Waals surface area (Å²) < 4.78 is 0. The number of aryl methyl sites for hydroxylation is 1. The van der Waals surface area contributed by atoms with Gasteiger partial charge in [0.1, 0.15) is 0 Å². The molecule has 88 valence electrons. The Bertz CT molecular complexity index is 329. The molecule has 1 aromatic carbocycles. The Morgan fingerprint density at radius 1 is 1.25 bits per heavy atom. The fraction of sp³-hybridized carbons (Fsp3) is 0.500. The Labute approximate surface area is 98.1 Å². The van der Waals surface area contributed by atoms with Crippen LogP contribution in [0.2, 0.25) is 0 Å². The Morgan fingerprint density at radius 2 is 1.88 bits per heavy atom. The van der Waals surface area contributed by atoms with Crippen molar-refractivity contribution in [3.05, 3.63) is 35.4 Å². The van der Waals surface area contributed by atoms with Crippen molar-refractivity contribution in [1.82, 2.24) is 5.32 Å². The van der Waals surface area contributed by atoms with Gasteiger partial charge in [0.25, 0.3) is 0 Å². The molecule has 0 aliphatic carbocycles. The van der Waals surface area contributed by atoms with E-state index >= 15 is 0 Å². The lowest BCUT2D eigenvalue weighted by atomic mass is 10.0. The molecule has 0 fully saturated rings. The van der Waals surface area contributed by atoms with E-state index in [1.165, 1.54) is 11.1 Å². The highest BCUT2D eigenvalue weighted by atomic mass is 16.1. The van der Waals surface area contributed by atoms with E-state index in [0.29, 0.717) is 6.42 Å². The van der Waals surface area contributed by atoms with Crippen LogP contribution < -0.4 is 5.32 Å². The smallest absolute Gasteiger partial charge is 0.220 e. The lowest BCUT2D eigenvalue weighted by molar-refractivity contribution is -0.121. The van der Waals surface area contributed by atoms with Crippen LogP contribution in [0.5, 0.6) is 0 Å². The fourth-order valence-electron chi connectivity index (χ4n) is 1.71. The second kappa shape index (κ2) is 6.31. The molecule has 1 aromatic rings. The summed E-state index contributed by atoms with van der Waals surface area (Å²) in [5.41, 5.74) is 2.44. The van der Waals surface area contributed by atoms with Crippen molar-refractivity contribution < 1.29 is 4.79 Å². The van der Waals surface area contributed by atoms with Gasteiger partial charge in [0, 0.05) is 6.42 Å². The summed E-state index contributed by atoms with van der Waals surface area (Å²) in [5, 5.41) is 3.06. The highest BCUT2D eigenvalue weighted by Gasteiger charge is 2.11. The first-order valence-corrected chi connectivity index (χ1v) is 6.03. The standard InChI is InChI=1S/C14H21NO/c1-4-6-14(16)15-13(5-2)12-9-7-11(3)8-10-12/h7-10,13H,4-6H2,1-3H3,(H,15,16)/t13-/m0/s1. The molecule has 0 radical (unpaired) electrons. The number of carbonyl (C=O) groups is 1. The van der Waals surface area contributed by atoms with Gasteiger partial charge in [-0.3, -0.25) is 4.79 Å². The van der Waals surface area contributed by atoms with Gasteiger partial charge in [0.15, 0.2) is 0 Å². The van der Waals surface area contributed by atoms with Crippen molar-refractivity contribution in [3.8, 4) is 0 Å². The zero-order valence-corrected chi connectivity index (χ0v) is 10.4. The van der Waals surface area contributed by atoms with Gasteiger partial charge in [0.05, 0.1) is 6.04 Å². The van der Waals surface area contributed by atoms with Crippen molar-refractivity contribution in [1.29, 1.82) is 0 Å². The number of amides is 1. The molecule has 0 heterocycles. The van der Waals surface area contributed by atoms with Crippen LogP contribution >= 0.6 is 0 Å². The molecule has 0 aliphatic rings. The van der Waals surface area contributed by atoms with Gasteiger partial charge in [-0.1, -0.05) is 43.7 Å². The third kappa shape index (κ3) is 3.69. The average Bonchev–Trinajstić information content (AvgIpc) is 2.27. The predicted octanol–water partition coefficient (Wildman–Crippen LogP) is 3.36. The topological polar surface area (TPSA) is 29.1 Å². The number of benzene rings is 1. The maximum absolute atomic E-state index is 11.5. The lowest BCUT2D eigenvalue weighted by Crippen LogP contribution is -2.27. The lowest BCUT2D eigenvalue weighted by Gasteiger charge is -2.17. The Balaban J connectivity index is 2.67. The normalized spacial score (nSPS) is 12.2. The molecule has 0 spiro atoms. The molecule has 0 saturated carbocycles. The van der Waals surface area contributed by atoms with Crippen molar-refractivity contribution in [3.63, 3.8) is 0 Å². The van der Waals surface area contributed by atoms with E-state index in [1.807, 2.05) is 6.92 Å². The second-order valence-corrected chi connectivity index (χ2v) is 4.19. The van der Waals surface area contributed by atoms with E-state index < -0.39 is 0 Å². The van der Waals surface area contributed by atoms with Crippen molar-refractivity contribution in [2.24, 2.45) is 0 Å². The first kappa shape index (κ1) is 12.8. The van der Waals surface area contributed by atoms with Gasteiger partial charge in [-0.05, 0) is 25.3 Å². The van der Waals surface area contributed by atoms with Gasteiger partial charge >= 0.3 is 0 Å². The Hall–Kier alpha value is -1.31. The SMILES string of the molecule is CCCC(=O)N[C@@H](CC)c1ccc(C)cc1. The summed E-state index contributed by atoms with van der Waals surface area (Å²) in [7, 11) is 0. The van der Waals surface area contributed by atoms with E-state index in [0.717, 1.165) is 12.8 Å². The summed E-state index contributed by atoms with van der Waals surface area (Å²) in [4.78, 5) is 11.5. The van der Waals surface area contributed by atoms with Crippen LogP contribution in [0.1, 0.15) is 50.3 Å². The van der Waals surface area contributed by atoms with Gasteiger partial charge in [-0.2, -0.15) is 0 Å². The van der Waals surface area contributed by atoms with Gasteiger partial charge in [0.2, 0.25) is 5.91 Å². The minimum absolute atomic E-state index is 0.148. The molecule has 1 atom stereocenters. The van der Waals surface area contributed by atoms with E-state index in [9.17, 15) is 4.79 Å². The zero-order valence-electron chi connectivity index (χ0n) is 10.4. The second-order valence-electron chi connectivity index (χ2n) is 4.19. The number of hydrogen-bond donors (Lipinski definition) is 1. The summed E-state index contributed by atoms with van der Waals surface area (Å²) in [5.74, 6) is 0.148. The molecule has 2 nitrogen and oxygen atoms in total. The number of nitrogens with one attached hydrogen (secondary N) is 1. The van der Waals surface area contributed by atoms with Crippen LogP contribution in [0.3, 0.4) is 0 Å². The zero-order chi connectivity index (χ0) is 12.0. The van der Waals surface area contributed by atoms with Crippen LogP contribution in [-0.4, -0.2) is 5.91 Å². The number of hydrogen-bond acceptors (Lipinski definition) is 1. The maximum Gasteiger partial charge on any atom is 0.220 e. The van der Waals surface area contributed by atoms with Crippen LogP contribution in [0, 0.1) is 6.92 Å². The van der Waals surface area contributed by atoms with E-state index in [2.05, 4.69) is 43.4 Å². The first-order valence-electron chi connectivity index (χ1n) is 6.03. The molecule has 0 aliphatic heterocycles. The largest absolute Gasteiger partial charge is 0.349 e. The quantitative estimate of drug-likeness (QED) is 0.808. The van der Waals surface area contributed by atoms with E-state index in [4.69, 9.17) is 0 Å². The van der Waals surface area contributed by atoms with Crippen molar-refractivity contribution in [2.75, 3.05) is 0 Å². The van der Waals surface area contributed by atoms with Crippen LogP contribution in [0.4, 0.5) is 0 Å². The van der Waals surface area contributed by atoms with Crippen molar-refractivity contribution in [2.45, 2.75) is 46.1 Å². The predicted molar refractivity (Wildman–Crippen MR) is 67.3 cm³/mol. The molecular weight excluding hydrogens is 198 g/mol. The molecule has 1 N–H and O–H groups in total. The van der Waals surface area contributed by atoms with E-state index in [1.54, 1.807) is 0 Å². The molecular formula is C14H21NO. The minimum Gasteiger partial charge on any atom is -0.349 e. The summed E-state index contributed by atoms with van der Waals surface area (Å²) in [6.07, 6.45) is 2.44. The molecule has 0 bridgehead atoms. The summed E-state index contributed by atoms with van der Waals surface area (Å²) in [6, 6.07) is 8.51. The third-order valence-electron chi connectivity index (χ3n) is 2.70. The molecule has 2 heteroatoms. The molecule has 1 rings (SSSR count). The molecule has 1 amide bonds. The number of carbonyl (C=O) groups excluding carboxylic acids is 1. The van der Waals surface area contributed by atoms with Gasteiger partial charge in [-0.25, -0.2) is 0 Å². The highest BCUT2D eigenvalue weighted by Crippen LogP contribution is 2.17. The monoisotopic (exact) mass is 219 g/mol. The van der Waals surface area contributed by atoms with Gasteiger partial charge in [-0.15, -0.1) is 0 Å². The summed E-state index contributed by atoms with van der Waals surface area (Å²) >= 11 is 0. The summed E-state index contributed by atoms with van der Waals surface area (Å²) in [6.45, 7) is 6.18. The van der Waals surface area contributed by atoms with Crippen molar-refractivity contribution >= 4 is 5.91 Å². The maximum atomic E-state index is 11.5. The average molecular weight is 219 g/mol. The molecule has 0 unspecified atom stereocenters. The Kier molecular flexibility index (Phi) is 5.03. The van der Waals surface area contributed by atoms with Crippen LogP contribution in [0.15, 0.2) is 24.3 Å². The fourth-order valence-corrected chi connectivity index (χ4v) is 1.71. The van der Waals surface area contributed by atoms with Gasteiger partial charge < -0.3 is 5.32 Å². The molecule has 0 saturated heterocycles. The first-order chi connectivity index (χ1) is 7.67. The third-order valence-corrected chi connectivity index (χ3v) is 2.70. The molecule has 16 heavy (non-hydrogen) atoms. The number of rotatable bonds is 5. The van der Waals surface area contributed by atoms with E-state index in [-0.39, 0.29) is 11.9 Å². The van der Waals surface area contributed by atoms with Crippen LogP contribution in [-0.2, 0) is 4.79 Å².